The average molecular weight is 269 g/mol. The van der Waals surface area contributed by atoms with Crippen LogP contribution in [0.2, 0.25) is 0 Å². The number of hydrogen-bond acceptors (Lipinski definition) is 1. The van der Waals surface area contributed by atoms with Gasteiger partial charge in [-0.3, -0.25) is 4.79 Å². The molecule has 0 aliphatic rings. The zero-order valence-corrected chi connectivity index (χ0v) is 13.3. The fourth-order valence-electron chi connectivity index (χ4n) is 2.12. The van der Waals surface area contributed by atoms with Gasteiger partial charge in [-0.1, -0.05) is 77.6 Å². The summed E-state index contributed by atoms with van der Waals surface area (Å²) in [4.78, 5) is 10.3. The van der Waals surface area contributed by atoms with E-state index in [2.05, 4.69) is 6.92 Å². The van der Waals surface area contributed by atoms with Gasteiger partial charge in [0.2, 0.25) is 0 Å². The van der Waals surface area contributed by atoms with Crippen LogP contribution in [0.3, 0.4) is 0 Å². The maximum absolute atomic E-state index is 10.3. The van der Waals surface area contributed by atoms with Crippen molar-refractivity contribution in [2.75, 3.05) is 0 Å². The Morgan fingerprint density at radius 2 is 1.06 bits per heavy atom. The summed E-state index contributed by atoms with van der Waals surface area (Å²) in [6, 6.07) is 0. The lowest BCUT2D eigenvalue weighted by Gasteiger charge is -2.02. The van der Waals surface area contributed by atoms with Crippen LogP contribution in [0.15, 0.2) is 0 Å². The molecule has 0 atom stereocenters. The SMILES string of the molecule is CCCCCCCCCCCCCCC(=O)O.[Al]. The van der Waals surface area contributed by atoms with Gasteiger partial charge in [0.15, 0.2) is 0 Å². The second-order valence-corrected chi connectivity index (χ2v) is 5.03. The standard InChI is InChI=1S/C15H30O2.Al/c1-2-3-4-5-6-7-8-9-10-11-12-13-14-15(16)17;/h2-14H2,1H3,(H,16,17);. The fraction of sp³-hybridized carbons (Fsp3) is 0.933. The van der Waals surface area contributed by atoms with Gasteiger partial charge >= 0.3 is 5.97 Å². The van der Waals surface area contributed by atoms with Crippen molar-refractivity contribution in [1.82, 2.24) is 0 Å². The van der Waals surface area contributed by atoms with Gasteiger partial charge in [-0.15, -0.1) is 0 Å². The summed E-state index contributed by atoms with van der Waals surface area (Å²) < 4.78 is 0. The number of hydrogen-bond donors (Lipinski definition) is 1. The minimum atomic E-state index is -0.655. The van der Waals surface area contributed by atoms with Crippen LogP contribution in [0, 0.1) is 0 Å². The summed E-state index contributed by atoms with van der Waals surface area (Å²) >= 11 is 0. The Hall–Kier alpha value is 0.00247. The molecule has 0 spiro atoms. The highest BCUT2D eigenvalue weighted by atomic mass is 27.0. The molecule has 0 aliphatic heterocycles. The van der Waals surface area contributed by atoms with E-state index in [9.17, 15) is 4.79 Å². The summed E-state index contributed by atoms with van der Waals surface area (Å²) in [6.07, 6.45) is 15.8. The molecule has 0 aromatic heterocycles. The predicted molar refractivity (Wildman–Crippen MR) is 79.1 cm³/mol. The molecule has 0 unspecified atom stereocenters. The van der Waals surface area contributed by atoms with Gasteiger partial charge in [0.1, 0.15) is 0 Å². The minimum absolute atomic E-state index is 0. The van der Waals surface area contributed by atoms with E-state index in [1.165, 1.54) is 64.2 Å². The first kappa shape index (κ1) is 20.3. The first-order chi connectivity index (χ1) is 8.27. The molecule has 0 saturated carbocycles. The van der Waals surface area contributed by atoms with Crippen LogP contribution in [0.1, 0.15) is 90.4 Å². The van der Waals surface area contributed by atoms with Crippen molar-refractivity contribution in [2.24, 2.45) is 0 Å². The van der Waals surface area contributed by atoms with Crippen LogP contribution in [0.4, 0.5) is 0 Å². The van der Waals surface area contributed by atoms with Crippen molar-refractivity contribution in [1.29, 1.82) is 0 Å². The Morgan fingerprint density at radius 1 is 0.722 bits per heavy atom. The monoisotopic (exact) mass is 269 g/mol. The largest absolute Gasteiger partial charge is 0.481 e. The maximum atomic E-state index is 10.3. The van der Waals surface area contributed by atoms with Crippen LogP contribution in [0.25, 0.3) is 0 Å². The molecule has 0 amide bonds. The van der Waals surface area contributed by atoms with E-state index in [1.54, 1.807) is 0 Å². The Balaban J connectivity index is 0. The average Bonchev–Trinajstić information content (AvgIpc) is 2.30. The Labute approximate surface area is 124 Å². The molecule has 1 N–H and O–H groups in total. The summed E-state index contributed by atoms with van der Waals surface area (Å²) in [6.45, 7) is 2.25. The first-order valence-corrected chi connectivity index (χ1v) is 7.49. The molecule has 0 heterocycles. The molecule has 0 aliphatic carbocycles. The van der Waals surface area contributed by atoms with E-state index in [0.717, 1.165) is 12.8 Å². The summed E-state index contributed by atoms with van der Waals surface area (Å²) in [5, 5.41) is 8.47. The molecule has 0 rings (SSSR count). The molecule has 0 fully saturated rings. The molecule has 18 heavy (non-hydrogen) atoms. The van der Waals surface area contributed by atoms with Crippen LogP contribution >= 0.6 is 0 Å². The Kier molecular flexibility index (Phi) is 19.2. The number of carboxylic acids is 1. The van der Waals surface area contributed by atoms with Gasteiger partial charge in [0, 0.05) is 23.8 Å². The predicted octanol–water partition coefficient (Wildman–Crippen LogP) is 4.78. The number of carboxylic acid groups (broad SMARTS) is 1. The molecule has 2 nitrogen and oxygen atoms in total. The zero-order chi connectivity index (χ0) is 12.8. The number of rotatable bonds is 13. The minimum Gasteiger partial charge on any atom is -0.481 e. The third-order valence-electron chi connectivity index (χ3n) is 3.24. The van der Waals surface area contributed by atoms with Gasteiger partial charge in [-0.05, 0) is 6.42 Å². The number of carbonyl (C=O) groups is 1. The van der Waals surface area contributed by atoms with Crippen molar-refractivity contribution in [2.45, 2.75) is 90.4 Å². The van der Waals surface area contributed by atoms with Crippen molar-refractivity contribution < 1.29 is 9.90 Å². The lowest BCUT2D eigenvalue weighted by atomic mass is 10.0. The van der Waals surface area contributed by atoms with Crippen molar-refractivity contribution in [3.63, 3.8) is 0 Å². The van der Waals surface area contributed by atoms with Crippen LogP contribution in [-0.4, -0.2) is 28.4 Å². The van der Waals surface area contributed by atoms with E-state index in [1.807, 2.05) is 0 Å². The van der Waals surface area contributed by atoms with Crippen LogP contribution < -0.4 is 0 Å². The summed E-state index contributed by atoms with van der Waals surface area (Å²) in [7, 11) is 0. The van der Waals surface area contributed by atoms with Gasteiger partial charge in [-0.2, -0.15) is 0 Å². The lowest BCUT2D eigenvalue weighted by molar-refractivity contribution is -0.137. The molecular formula is C15H30AlO2. The molecule has 3 radical (unpaired) electrons. The second kappa shape index (κ2) is 17.0. The quantitative estimate of drug-likeness (QED) is 0.386. The molecule has 3 heteroatoms. The summed E-state index contributed by atoms with van der Waals surface area (Å²) in [5.41, 5.74) is 0. The molecule has 0 bridgehead atoms. The molecule has 0 saturated heterocycles. The van der Waals surface area contributed by atoms with Gasteiger partial charge in [-0.25, -0.2) is 0 Å². The van der Waals surface area contributed by atoms with E-state index in [0.29, 0.717) is 6.42 Å². The smallest absolute Gasteiger partial charge is 0.303 e. The van der Waals surface area contributed by atoms with E-state index in [4.69, 9.17) is 5.11 Å². The van der Waals surface area contributed by atoms with Crippen LogP contribution in [-0.2, 0) is 4.79 Å². The Bertz CT molecular complexity index is 172. The van der Waals surface area contributed by atoms with E-state index >= 15 is 0 Å². The molecule has 0 aromatic carbocycles. The molecule has 105 valence electrons. The first-order valence-electron chi connectivity index (χ1n) is 7.49. The number of unbranched alkanes of at least 4 members (excludes halogenated alkanes) is 11. The third-order valence-corrected chi connectivity index (χ3v) is 3.24. The van der Waals surface area contributed by atoms with Crippen molar-refractivity contribution in [3.8, 4) is 0 Å². The topological polar surface area (TPSA) is 37.3 Å². The molecule has 0 aromatic rings. The highest BCUT2D eigenvalue weighted by Gasteiger charge is 1.96. The van der Waals surface area contributed by atoms with Crippen molar-refractivity contribution in [3.05, 3.63) is 0 Å². The van der Waals surface area contributed by atoms with Gasteiger partial charge in [0.05, 0.1) is 0 Å². The highest BCUT2D eigenvalue weighted by Crippen LogP contribution is 2.12. The normalized spacial score (nSPS) is 10.1. The summed E-state index contributed by atoms with van der Waals surface area (Å²) in [5.74, 6) is -0.655. The van der Waals surface area contributed by atoms with Gasteiger partial charge < -0.3 is 5.11 Å². The highest BCUT2D eigenvalue weighted by molar-refractivity contribution is 5.75. The van der Waals surface area contributed by atoms with Crippen LogP contribution in [0.5, 0.6) is 0 Å². The molecular weight excluding hydrogens is 239 g/mol. The van der Waals surface area contributed by atoms with E-state index < -0.39 is 5.97 Å². The fourth-order valence-corrected chi connectivity index (χ4v) is 2.12. The van der Waals surface area contributed by atoms with E-state index in [-0.39, 0.29) is 17.4 Å². The number of aliphatic carboxylic acids is 1. The third kappa shape index (κ3) is 18.4. The Morgan fingerprint density at radius 3 is 1.39 bits per heavy atom. The maximum Gasteiger partial charge on any atom is 0.303 e. The van der Waals surface area contributed by atoms with Crippen molar-refractivity contribution >= 4 is 23.3 Å². The lowest BCUT2D eigenvalue weighted by Crippen LogP contribution is -1.93. The zero-order valence-electron chi connectivity index (χ0n) is 12.1. The van der Waals surface area contributed by atoms with Gasteiger partial charge in [0.25, 0.3) is 0 Å². The second-order valence-electron chi connectivity index (χ2n) is 5.03.